The minimum atomic E-state index is -0.580. The van der Waals surface area contributed by atoms with Gasteiger partial charge in [0, 0.05) is 21.2 Å². The van der Waals surface area contributed by atoms with Crippen molar-refractivity contribution in [2.45, 2.75) is 20.1 Å². The first-order valence-electron chi connectivity index (χ1n) is 10.8. The second-order valence-corrected chi connectivity index (χ2v) is 10.3. The Labute approximate surface area is 230 Å². The van der Waals surface area contributed by atoms with Gasteiger partial charge in [-0.25, -0.2) is 4.39 Å². The summed E-state index contributed by atoms with van der Waals surface area (Å²) in [5, 5.41) is 0.237. The van der Waals surface area contributed by atoms with Gasteiger partial charge in [-0.2, -0.15) is 0 Å². The number of benzene rings is 3. The van der Waals surface area contributed by atoms with Crippen LogP contribution in [0, 0.1) is 5.82 Å². The molecule has 0 atom stereocenters. The highest BCUT2D eigenvalue weighted by molar-refractivity contribution is 9.10. The molecule has 186 valence electrons. The van der Waals surface area contributed by atoms with Gasteiger partial charge in [0.1, 0.15) is 12.4 Å². The van der Waals surface area contributed by atoms with Crippen LogP contribution in [-0.2, 0) is 17.9 Å². The van der Waals surface area contributed by atoms with Gasteiger partial charge in [0.2, 0.25) is 0 Å². The van der Waals surface area contributed by atoms with Crippen LogP contribution >= 0.6 is 50.9 Å². The summed E-state index contributed by atoms with van der Waals surface area (Å²) in [5.41, 5.74) is 1.52. The van der Waals surface area contributed by atoms with E-state index >= 15 is 0 Å². The topological polar surface area (TPSA) is 55.8 Å². The lowest BCUT2D eigenvalue weighted by atomic mass is 10.1. The number of halogens is 4. The molecule has 10 heteroatoms. The predicted molar refractivity (Wildman–Crippen MR) is 144 cm³/mol. The van der Waals surface area contributed by atoms with E-state index in [0.717, 1.165) is 22.2 Å². The molecule has 36 heavy (non-hydrogen) atoms. The van der Waals surface area contributed by atoms with Crippen molar-refractivity contribution in [3.8, 4) is 11.5 Å². The van der Waals surface area contributed by atoms with Crippen molar-refractivity contribution in [3.05, 3.63) is 96.5 Å². The van der Waals surface area contributed by atoms with Crippen LogP contribution in [0.5, 0.6) is 11.5 Å². The average Bonchev–Trinajstić information content (AvgIpc) is 3.09. The summed E-state index contributed by atoms with van der Waals surface area (Å²) >= 11 is 16.6. The summed E-state index contributed by atoms with van der Waals surface area (Å²) < 4.78 is 26.6. The standard InChI is InChI=1S/C26H19BrCl2FNO4S/c1-2-34-22-11-15(10-18(27)24(22)35-14-16-6-3-4-7-19(16)28)12-23-25(32)31(26(33)36-23)13-17-20(29)8-5-9-21(17)30/h3-12H,2,13-14H2,1H3/b23-12+. The zero-order valence-corrected chi connectivity index (χ0v) is 22.8. The van der Waals surface area contributed by atoms with Gasteiger partial charge in [-0.15, -0.1) is 0 Å². The SMILES string of the molecule is CCOc1cc(/C=C2/SC(=O)N(Cc3c(F)cccc3Cl)C2=O)cc(Br)c1OCc1ccccc1Cl. The van der Waals surface area contributed by atoms with Gasteiger partial charge in [0.15, 0.2) is 11.5 Å². The lowest BCUT2D eigenvalue weighted by Crippen LogP contribution is -2.28. The maximum absolute atomic E-state index is 14.2. The molecule has 1 saturated heterocycles. The zero-order chi connectivity index (χ0) is 25.8. The molecule has 4 rings (SSSR count). The smallest absolute Gasteiger partial charge is 0.293 e. The van der Waals surface area contributed by atoms with Crippen LogP contribution in [0.4, 0.5) is 9.18 Å². The molecule has 0 unspecified atom stereocenters. The van der Waals surface area contributed by atoms with Crippen LogP contribution in [-0.4, -0.2) is 22.7 Å². The molecule has 0 spiro atoms. The Morgan fingerprint density at radius 3 is 2.53 bits per heavy atom. The van der Waals surface area contributed by atoms with Crippen LogP contribution in [0.1, 0.15) is 23.6 Å². The van der Waals surface area contributed by atoms with Crippen LogP contribution in [0.15, 0.2) is 64.0 Å². The Hall–Kier alpha value is -2.52. The van der Waals surface area contributed by atoms with Crippen molar-refractivity contribution < 1.29 is 23.5 Å². The van der Waals surface area contributed by atoms with Gasteiger partial charge in [-0.3, -0.25) is 14.5 Å². The lowest BCUT2D eigenvalue weighted by molar-refractivity contribution is -0.123. The molecule has 0 aromatic heterocycles. The monoisotopic (exact) mass is 609 g/mol. The molecule has 1 fully saturated rings. The van der Waals surface area contributed by atoms with Crippen LogP contribution in [0.2, 0.25) is 10.0 Å². The second kappa shape index (κ2) is 11.7. The largest absolute Gasteiger partial charge is 0.490 e. The predicted octanol–water partition coefficient (Wildman–Crippen LogP) is 8.11. The van der Waals surface area contributed by atoms with E-state index < -0.39 is 17.0 Å². The number of amides is 2. The van der Waals surface area contributed by atoms with E-state index in [1.54, 1.807) is 24.3 Å². The molecular weight excluding hydrogens is 592 g/mol. The summed E-state index contributed by atoms with van der Waals surface area (Å²) in [6, 6.07) is 15.1. The normalized spacial score (nSPS) is 14.6. The summed E-state index contributed by atoms with van der Waals surface area (Å²) in [6.07, 6.45) is 1.58. The van der Waals surface area contributed by atoms with E-state index in [9.17, 15) is 14.0 Å². The Balaban J connectivity index is 1.58. The van der Waals surface area contributed by atoms with Crippen molar-refractivity contribution >= 4 is 68.1 Å². The van der Waals surface area contributed by atoms with Crippen molar-refractivity contribution in [1.82, 2.24) is 4.90 Å². The molecule has 5 nitrogen and oxygen atoms in total. The molecule has 1 heterocycles. The number of rotatable bonds is 8. The van der Waals surface area contributed by atoms with E-state index in [0.29, 0.717) is 33.2 Å². The van der Waals surface area contributed by atoms with Gasteiger partial charge in [0.25, 0.3) is 11.1 Å². The number of carbonyl (C=O) groups is 2. The Morgan fingerprint density at radius 2 is 1.81 bits per heavy atom. The maximum atomic E-state index is 14.2. The Bertz CT molecular complexity index is 1350. The average molecular weight is 611 g/mol. The van der Waals surface area contributed by atoms with E-state index in [4.69, 9.17) is 32.7 Å². The first kappa shape index (κ1) is 26.5. The molecule has 3 aromatic rings. The quantitative estimate of drug-likeness (QED) is 0.241. The highest BCUT2D eigenvalue weighted by atomic mass is 79.9. The third-order valence-electron chi connectivity index (χ3n) is 5.21. The van der Waals surface area contributed by atoms with Crippen molar-refractivity contribution in [1.29, 1.82) is 0 Å². The van der Waals surface area contributed by atoms with Crippen molar-refractivity contribution in [2.24, 2.45) is 0 Å². The van der Waals surface area contributed by atoms with Gasteiger partial charge in [-0.1, -0.05) is 47.5 Å². The highest BCUT2D eigenvalue weighted by Gasteiger charge is 2.36. The third-order valence-corrected chi connectivity index (χ3v) is 7.43. The number of thioether (sulfide) groups is 1. The van der Waals surface area contributed by atoms with Gasteiger partial charge < -0.3 is 9.47 Å². The molecule has 0 N–H and O–H groups in total. The van der Waals surface area contributed by atoms with Crippen LogP contribution < -0.4 is 9.47 Å². The molecule has 0 saturated carbocycles. The van der Waals surface area contributed by atoms with Gasteiger partial charge in [-0.05, 0) is 76.6 Å². The summed E-state index contributed by atoms with van der Waals surface area (Å²) in [5.74, 6) is -0.167. The Kier molecular flexibility index (Phi) is 8.62. The fourth-order valence-corrected chi connectivity index (χ4v) is 5.29. The molecular formula is C26H19BrCl2FNO4S. The number of hydrogen-bond acceptors (Lipinski definition) is 5. The molecule has 0 aliphatic carbocycles. The summed E-state index contributed by atoms with van der Waals surface area (Å²) in [6.45, 7) is 2.21. The first-order chi connectivity index (χ1) is 17.3. The summed E-state index contributed by atoms with van der Waals surface area (Å²) in [7, 11) is 0. The number of imide groups is 1. The molecule has 0 radical (unpaired) electrons. The second-order valence-electron chi connectivity index (χ2n) is 7.61. The van der Waals surface area contributed by atoms with Gasteiger partial charge in [0.05, 0.1) is 22.5 Å². The van der Waals surface area contributed by atoms with E-state index in [1.807, 2.05) is 25.1 Å². The number of ether oxygens (including phenoxy) is 2. The Morgan fingerprint density at radius 1 is 1.06 bits per heavy atom. The zero-order valence-electron chi connectivity index (χ0n) is 18.9. The molecule has 2 amide bonds. The minimum absolute atomic E-state index is 0.0871. The van der Waals surface area contributed by atoms with E-state index in [2.05, 4.69) is 15.9 Å². The van der Waals surface area contributed by atoms with E-state index in [1.165, 1.54) is 18.2 Å². The molecule has 1 aliphatic rings. The van der Waals surface area contributed by atoms with Gasteiger partial charge >= 0.3 is 0 Å². The fraction of sp³-hybridized carbons (Fsp3) is 0.154. The first-order valence-corrected chi connectivity index (χ1v) is 13.2. The lowest BCUT2D eigenvalue weighted by Gasteiger charge is -2.15. The van der Waals surface area contributed by atoms with Crippen molar-refractivity contribution in [3.63, 3.8) is 0 Å². The summed E-state index contributed by atoms with van der Waals surface area (Å²) in [4.78, 5) is 26.7. The van der Waals surface area contributed by atoms with Crippen LogP contribution in [0.25, 0.3) is 6.08 Å². The van der Waals surface area contributed by atoms with E-state index in [-0.39, 0.29) is 28.6 Å². The maximum Gasteiger partial charge on any atom is 0.293 e. The molecule has 1 aliphatic heterocycles. The third kappa shape index (κ3) is 5.89. The molecule has 0 bridgehead atoms. The van der Waals surface area contributed by atoms with Crippen molar-refractivity contribution in [2.75, 3.05) is 6.61 Å². The highest BCUT2D eigenvalue weighted by Crippen LogP contribution is 2.40. The fourth-order valence-electron chi connectivity index (χ4n) is 3.47. The molecule has 3 aromatic carbocycles. The van der Waals surface area contributed by atoms with Crippen LogP contribution in [0.3, 0.4) is 0 Å². The minimum Gasteiger partial charge on any atom is -0.490 e. The number of hydrogen-bond donors (Lipinski definition) is 0. The number of nitrogens with zero attached hydrogens (tertiary/aromatic N) is 1. The number of carbonyl (C=O) groups excluding carboxylic acids is 2.